The first-order chi connectivity index (χ1) is 20.0. The maximum atomic E-state index is 13.9. The van der Waals surface area contributed by atoms with E-state index in [4.69, 9.17) is 16.4 Å². The van der Waals surface area contributed by atoms with Crippen LogP contribution >= 0.6 is 11.6 Å². The highest BCUT2D eigenvalue weighted by Gasteiger charge is 2.55. The molecule has 0 N–H and O–H groups in total. The lowest BCUT2D eigenvalue weighted by molar-refractivity contribution is -0.235. The summed E-state index contributed by atoms with van der Waals surface area (Å²) in [6.07, 6.45) is 0.851. The van der Waals surface area contributed by atoms with E-state index in [2.05, 4.69) is 4.98 Å². The van der Waals surface area contributed by atoms with Gasteiger partial charge >= 0.3 is 18.1 Å². The van der Waals surface area contributed by atoms with Crippen molar-refractivity contribution >= 4 is 41.0 Å². The standard InChI is InChI=1S/C29H23ClF3N4O5/c30-23-9-7-21(8-10-23)27(40)36-16-22-15-34-12-11-24(22)37(25(38)17-36,42-28(41)29(31,32)33)18-19-3-5-20(6-4-19)26(39)35-13-1-2-14-35/h1-12,15H,13-14,16-18H2/q+1. The molecule has 1 aromatic heterocycles. The first kappa shape index (κ1) is 29.0. The van der Waals surface area contributed by atoms with Crippen LogP contribution in [0.2, 0.25) is 5.02 Å². The number of carbonyl (C=O) groups excluding carboxylic acids is 4. The molecule has 13 heteroatoms. The third-order valence-electron chi connectivity index (χ3n) is 6.92. The number of pyridine rings is 1. The van der Waals surface area contributed by atoms with Crippen LogP contribution in [0.15, 0.2) is 79.1 Å². The highest BCUT2D eigenvalue weighted by Crippen LogP contribution is 2.36. The molecule has 3 aromatic rings. The molecule has 0 bridgehead atoms. The van der Waals surface area contributed by atoms with E-state index in [-0.39, 0.29) is 29.3 Å². The van der Waals surface area contributed by atoms with Gasteiger partial charge in [0.1, 0.15) is 6.54 Å². The Balaban J connectivity index is 1.54. The highest BCUT2D eigenvalue weighted by molar-refractivity contribution is 6.30. The van der Waals surface area contributed by atoms with Crippen molar-refractivity contribution in [2.75, 3.05) is 19.6 Å². The zero-order valence-corrected chi connectivity index (χ0v) is 22.6. The summed E-state index contributed by atoms with van der Waals surface area (Å²) in [5.74, 6) is -4.40. The number of amides is 3. The summed E-state index contributed by atoms with van der Waals surface area (Å²) in [6.45, 7) is -0.505. The van der Waals surface area contributed by atoms with Crippen LogP contribution in [0.25, 0.3) is 0 Å². The van der Waals surface area contributed by atoms with Crippen molar-refractivity contribution in [3.05, 3.63) is 106 Å². The molecule has 9 nitrogen and oxygen atoms in total. The maximum absolute atomic E-state index is 13.9. The van der Waals surface area contributed by atoms with E-state index in [9.17, 15) is 32.3 Å². The van der Waals surface area contributed by atoms with Gasteiger partial charge in [-0.15, -0.1) is 0 Å². The lowest BCUT2D eigenvalue weighted by Gasteiger charge is -2.31. The second-order valence-corrected chi connectivity index (χ2v) is 10.2. The molecule has 0 spiro atoms. The number of rotatable bonds is 5. The molecule has 0 aliphatic carbocycles. The number of quaternary nitrogens is 1. The Morgan fingerprint density at radius 1 is 0.881 bits per heavy atom. The number of halogens is 4. The molecule has 42 heavy (non-hydrogen) atoms. The minimum absolute atomic E-state index is 0.0812. The summed E-state index contributed by atoms with van der Waals surface area (Å²) >= 11 is 5.92. The molecule has 0 radical (unpaired) electrons. The topological polar surface area (TPSA) is 96.9 Å². The van der Waals surface area contributed by atoms with Crippen molar-refractivity contribution in [1.82, 2.24) is 19.4 Å². The molecule has 3 amide bonds. The van der Waals surface area contributed by atoms with Crippen LogP contribution in [-0.4, -0.2) is 64.3 Å². The van der Waals surface area contributed by atoms with Crippen LogP contribution in [0.3, 0.4) is 0 Å². The quantitative estimate of drug-likeness (QED) is 0.317. The van der Waals surface area contributed by atoms with Crippen LogP contribution in [0.4, 0.5) is 18.9 Å². The monoisotopic (exact) mass is 599 g/mol. The number of aromatic nitrogens is 1. The van der Waals surface area contributed by atoms with Crippen LogP contribution in [-0.2, 0) is 27.5 Å². The number of hydroxylamine groups is 2. The molecule has 0 saturated carbocycles. The van der Waals surface area contributed by atoms with Gasteiger partial charge in [-0.1, -0.05) is 35.9 Å². The molecule has 2 aliphatic heterocycles. The first-order valence-corrected chi connectivity index (χ1v) is 13.1. The largest absolute Gasteiger partial charge is 0.497 e. The van der Waals surface area contributed by atoms with Gasteiger partial charge < -0.3 is 9.80 Å². The van der Waals surface area contributed by atoms with Gasteiger partial charge in [-0.05, 0) is 41.0 Å². The summed E-state index contributed by atoms with van der Waals surface area (Å²) in [6, 6.07) is 13.1. The first-order valence-electron chi connectivity index (χ1n) is 12.7. The zero-order chi connectivity index (χ0) is 30.1. The van der Waals surface area contributed by atoms with Crippen molar-refractivity contribution in [2.45, 2.75) is 19.3 Å². The molecule has 2 aliphatic rings. The zero-order valence-electron chi connectivity index (χ0n) is 21.9. The summed E-state index contributed by atoms with van der Waals surface area (Å²) in [4.78, 5) is 64.1. The van der Waals surface area contributed by atoms with Crippen LogP contribution in [0.1, 0.15) is 31.8 Å². The number of benzene rings is 2. The Bertz CT molecular complexity index is 1570. The van der Waals surface area contributed by atoms with E-state index >= 15 is 0 Å². The summed E-state index contributed by atoms with van der Waals surface area (Å²) in [5, 5.41) is 0.382. The fourth-order valence-electron chi connectivity index (χ4n) is 4.82. The van der Waals surface area contributed by atoms with Gasteiger partial charge in [-0.3, -0.25) is 19.4 Å². The van der Waals surface area contributed by atoms with E-state index in [1.807, 2.05) is 12.2 Å². The Kier molecular flexibility index (Phi) is 7.85. The fraction of sp³-hybridized carbons (Fsp3) is 0.207. The maximum Gasteiger partial charge on any atom is 0.497 e. The number of carbonyl (C=O) groups is 4. The summed E-state index contributed by atoms with van der Waals surface area (Å²) in [5.41, 5.74) is 0.956. The van der Waals surface area contributed by atoms with E-state index < -0.39 is 41.7 Å². The molecule has 1 atom stereocenters. The van der Waals surface area contributed by atoms with E-state index in [1.54, 1.807) is 4.90 Å². The van der Waals surface area contributed by atoms with Crippen molar-refractivity contribution in [3.8, 4) is 0 Å². The summed E-state index contributed by atoms with van der Waals surface area (Å²) in [7, 11) is 0. The number of hydrogen-bond acceptors (Lipinski definition) is 6. The van der Waals surface area contributed by atoms with E-state index in [1.165, 1.54) is 67.0 Å². The molecule has 5 rings (SSSR count). The number of alkyl halides is 3. The molecular formula is C29H23ClF3N4O5+. The van der Waals surface area contributed by atoms with Crippen molar-refractivity contribution in [3.63, 3.8) is 0 Å². The molecule has 2 aromatic carbocycles. The average Bonchev–Trinajstić information content (AvgIpc) is 3.48. The van der Waals surface area contributed by atoms with Crippen molar-refractivity contribution < 1.29 is 37.2 Å². The third-order valence-corrected chi connectivity index (χ3v) is 7.17. The number of fused-ring (bicyclic) bond motifs is 1. The van der Waals surface area contributed by atoms with Crippen LogP contribution in [0, 0.1) is 0 Å². The smallest absolute Gasteiger partial charge is 0.331 e. The molecule has 0 saturated heterocycles. The van der Waals surface area contributed by atoms with Crippen LogP contribution in [0.5, 0.6) is 0 Å². The third kappa shape index (κ3) is 5.76. The Labute approximate surface area is 242 Å². The molecule has 0 fully saturated rings. The molecular weight excluding hydrogens is 577 g/mol. The lowest BCUT2D eigenvalue weighted by atomic mass is 10.1. The van der Waals surface area contributed by atoms with Gasteiger partial charge in [0, 0.05) is 53.3 Å². The number of nitrogens with zero attached hydrogens (tertiary/aromatic N) is 4. The molecule has 1 unspecified atom stereocenters. The van der Waals surface area contributed by atoms with Crippen molar-refractivity contribution in [1.29, 1.82) is 0 Å². The van der Waals surface area contributed by atoms with Crippen molar-refractivity contribution in [2.24, 2.45) is 0 Å². The summed E-state index contributed by atoms with van der Waals surface area (Å²) < 4.78 is 39.1. The van der Waals surface area contributed by atoms with Gasteiger partial charge in [0.15, 0.2) is 12.2 Å². The normalized spacial score (nSPS) is 18.4. The van der Waals surface area contributed by atoms with Gasteiger partial charge in [0.05, 0.1) is 12.1 Å². The Hall–Kier alpha value is -4.55. The van der Waals surface area contributed by atoms with Gasteiger partial charge in [-0.25, -0.2) is 9.59 Å². The predicted molar refractivity (Wildman–Crippen MR) is 145 cm³/mol. The van der Waals surface area contributed by atoms with Gasteiger partial charge in [0.25, 0.3) is 11.8 Å². The highest BCUT2D eigenvalue weighted by atomic mass is 35.5. The Morgan fingerprint density at radius 3 is 2.10 bits per heavy atom. The average molecular weight is 600 g/mol. The van der Waals surface area contributed by atoms with Gasteiger partial charge in [-0.2, -0.15) is 13.2 Å². The molecule has 216 valence electrons. The Morgan fingerprint density at radius 2 is 1.48 bits per heavy atom. The van der Waals surface area contributed by atoms with E-state index in [0.717, 1.165) is 4.90 Å². The minimum Gasteiger partial charge on any atom is -0.331 e. The molecule has 3 heterocycles. The second kappa shape index (κ2) is 11.4. The lowest BCUT2D eigenvalue weighted by Crippen LogP contribution is -2.58. The second-order valence-electron chi connectivity index (χ2n) is 9.72. The number of hydrogen-bond donors (Lipinski definition) is 0. The van der Waals surface area contributed by atoms with E-state index in [0.29, 0.717) is 29.2 Å². The minimum atomic E-state index is -5.41. The fourth-order valence-corrected chi connectivity index (χ4v) is 4.95. The van der Waals surface area contributed by atoms with Gasteiger partial charge in [0.2, 0.25) is 0 Å². The predicted octanol–water partition coefficient (Wildman–Crippen LogP) is 4.46. The van der Waals surface area contributed by atoms with Crippen LogP contribution < -0.4 is 4.65 Å². The SMILES string of the molecule is O=C(c1ccc(C[N+]2(OC(=O)C(F)(F)F)C(=O)CN(C(=O)c3ccc(Cl)cc3)Cc3cnccc32)cc1)N1CC=CC1.